The Morgan fingerprint density at radius 2 is 1.47 bits per heavy atom. The van der Waals surface area contributed by atoms with Gasteiger partial charge in [0.25, 0.3) is 11.8 Å². The van der Waals surface area contributed by atoms with Gasteiger partial charge in [0.1, 0.15) is 5.54 Å². The molecule has 0 unspecified atom stereocenters. The van der Waals surface area contributed by atoms with Crippen molar-refractivity contribution in [2.45, 2.75) is 51.5 Å². The average molecular weight is 471 g/mol. The summed E-state index contributed by atoms with van der Waals surface area (Å²) >= 11 is 0. The third-order valence-electron chi connectivity index (χ3n) is 7.05. The number of nitrogens with zero attached hydrogens (tertiary/aromatic N) is 3. The third-order valence-corrected chi connectivity index (χ3v) is 7.05. The van der Waals surface area contributed by atoms with Crippen LogP contribution in [0.3, 0.4) is 0 Å². The van der Waals surface area contributed by atoms with Gasteiger partial charge in [-0.05, 0) is 37.8 Å². The molecule has 3 aliphatic rings. The number of anilines is 1. The van der Waals surface area contributed by atoms with Gasteiger partial charge in [0.15, 0.2) is 0 Å². The van der Waals surface area contributed by atoms with Crippen molar-refractivity contribution in [1.29, 1.82) is 0 Å². The average Bonchev–Trinajstić information content (AvgIpc) is 3.02. The molecule has 2 aliphatic heterocycles. The maximum absolute atomic E-state index is 12.8. The van der Waals surface area contributed by atoms with E-state index in [9.17, 15) is 19.2 Å². The number of carbonyl (C=O) groups excluding carboxylic acids is 4. The lowest BCUT2D eigenvalue weighted by Crippen LogP contribution is -2.54. The SMILES string of the molecule is Cc1cccc(C)c1NC(=O)CN1CCN(CC(=O)NN2C(=O)NC3(CCCCC3)C2=O)CC1. The Morgan fingerprint density at radius 1 is 0.912 bits per heavy atom. The molecule has 1 aromatic carbocycles. The number of hydrogen-bond acceptors (Lipinski definition) is 6. The van der Waals surface area contributed by atoms with E-state index in [4.69, 9.17) is 0 Å². The largest absolute Gasteiger partial charge is 0.344 e. The Hall–Kier alpha value is -2.98. The number of urea groups is 1. The Morgan fingerprint density at radius 3 is 2.06 bits per heavy atom. The van der Waals surface area contributed by atoms with E-state index in [0.29, 0.717) is 45.6 Å². The van der Waals surface area contributed by atoms with Crippen LogP contribution < -0.4 is 16.1 Å². The second kappa shape index (κ2) is 10.1. The third kappa shape index (κ3) is 5.23. The molecule has 1 aromatic rings. The zero-order chi connectivity index (χ0) is 24.3. The lowest BCUT2D eigenvalue weighted by atomic mass is 9.82. The number of carbonyl (C=O) groups is 4. The van der Waals surface area contributed by atoms with Crippen LogP contribution in [0.25, 0.3) is 0 Å². The number of hydrazine groups is 1. The highest BCUT2D eigenvalue weighted by molar-refractivity contribution is 6.08. The zero-order valence-corrected chi connectivity index (χ0v) is 20.0. The second-order valence-corrected chi connectivity index (χ2v) is 9.62. The first-order valence-electron chi connectivity index (χ1n) is 12.0. The van der Waals surface area contributed by atoms with E-state index in [-0.39, 0.29) is 18.4 Å². The molecule has 0 atom stereocenters. The predicted octanol–water partition coefficient (Wildman–Crippen LogP) is 1.15. The van der Waals surface area contributed by atoms with Crippen molar-refractivity contribution in [3.05, 3.63) is 29.3 Å². The summed E-state index contributed by atoms with van der Waals surface area (Å²) in [5, 5.41) is 6.65. The number of hydrogen-bond donors (Lipinski definition) is 3. The molecular weight excluding hydrogens is 436 g/mol. The first-order chi connectivity index (χ1) is 16.3. The van der Waals surface area contributed by atoms with Gasteiger partial charge < -0.3 is 10.6 Å². The van der Waals surface area contributed by atoms with Crippen molar-refractivity contribution < 1.29 is 19.2 Å². The molecule has 0 bridgehead atoms. The van der Waals surface area contributed by atoms with Crippen LogP contribution >= 0.6 is 0 Å². The standard InChI is InChI=1S/C24H34N6O4/c1-17-7-6-8-18(2)21(17)25-19(31)15-28-11-13-29(14-12-28)16-20(32)27-30-22(33)24(26-23(30)34)9-4-3-5-10-24/h6-8H,3-5,9-16H2,1-2H3,(H,25,31)(H,26,34)(H,27,32). The van der Waals surface area contributed by atoms with Gasteiger partial charge in [0, 0.05) is 31.9 Å². The molecule has 1 saturated carbocycles. The van der Waals surface area contributed by atoms with Crippen LogP contribution in [0, 0.1) is 13.8 Å². The van der Waals surface area contributed by atoms with Gasteiger partial charge in [-0.3, -0.25) is 29.6 Å². The highest BCUT2D eigenvalue weighted by Gasteiger charge is 2.52. The van der Waals surface area contributed by atoms with Crippen LogP contribution in [-0.2, 0) is 14.4 Å². The molecular formula is C24H34N6O4. The number of amides is 5. The monoisotopic (exact) mass is 470 g/mol. The minimum absolute atomic E-state index is 0.0567. The number of benzene rings is 1. The molecule has 2 saturated heterocycles. The Kier molecular flexibility index (Phi) is 7.18. The van der Waals surface area contributed by atoms with Gasteiger partial charge in [0.2, 0.25) is 5.91 Å². The molecule has 184 valence electrons. The van der Waals surface area contributed by atoms with E-state index >= 15 is 0 Å². The highest BCUT2D eigenvalue weighted by atomic mass is 16.2. The maximum Gasteiger partial charge on any atom is 0.344 e. The van der Waals surface area contributed by atoms with Gasteiger partial charge in [0.05, 0.1) is 13.1 Å². The zero-order valence-electron chi connectivity index (χ0n) is 20.0. The molecule has 4 rings (SSSR count). The Bertz CT molecular complexity index is 946. The van der Waals surface area contributed by atoms with Crippen LogP contribution in [0.2, 0.25) is 0 Å². The van der Waals surface area contributed by atoms with Crippen molar-refractivity contribution >= 4 is 29.4 Å². The van der Waals surface area contributed by atoms with Crippen LogP contribution in [0.4, 0.5) is 10.5 Å². The van der Waals surface area contributed by atoms with Gasteiger partial charge in [-0.15, -0.1) is 0 Å². The summed E-state index contributed by atoms with van der Waals surface area (Å²) in [6.45, 7) is 6.87. The number of rotatable bonds is 6. The minimum Gasteiger partial charge on any atom is -0.324 e. The molecule has 1 aliphatic carbocycles. The Balaban J connectivity index is 1.21. The van der Waals surface area contributed by atoms with E-state index in [2.05, 4.69) is 21.0 Å². The molecule has 3 N–H and O–H groups in total. The number of aryl methyl sites for hydroxylation is 2. The summed E-state index contributed by atoms with van der Waals surface area (Å²) in [4.78, 5) is 54.2. The van der Waals surface area contributed by atoms with Crippen LogP contribution in [0.5, 0.6) is 0 Å². The molecule has 1 spiro atoms. The fourth-order valence-corrected chi connectivity index (χ4v) is 5.08. The molecule has 34 heavy (non-hydrogen) atoms. The van der Waals surface area contributed by atoms with Crippen LogP contribution in [-0.4, -0.2) is 83.4 Å². The second-order valence-electron chi connectivity index (χ2n) is 9.62. The molecule has 10 heteroatoms. The molecule has 0 radical (unpaired) electrons. The molecule has 0 aromatic heterocycles. The van der Waals surface area contributed by atoms with Crippen molar-refractivity contribution in [3.63, 3.8) is 0 Å². The summed E-state index contributed by atoms with van der Waals surface area (Å²) in [6.07, 6.45) is 4.06. The summed E-state index contributed by atoms with van der Waals surface area (Å²) in [5.41, 5.74) is 4.56. The normalized spacial score (nSPS) is 20.9. The number of nitrogens with one attached hydrogen (secondary N) is 3. The molecule has 5 amide bonds. The number of imide groups is 1. The van der Waals surface area contributed by atoms with Gasteiger partial charge in [-0.25, -0.2) is 4.79 Å². The van der Waals surface area contributed by atoms with E-state index in [1.807, 2.05) is 36.9 Å². The first-order valence-corrected chi connectivity index (χ1v) is 12.0. The van der Waals surface area contributed by atoms with Gasteiger partial charge in [-0.1, -0.05) is 37.5 Å². The van der Waals surface area contributed by atoms with E-state index in [1.165, 1.54) is 0 Å². The summed E-state index contributed by atoms with van der Waals surface area (Å²) in [7, 11) is 0. The van der Waals surface area contributed by atoms with E-state index in [0.717, 1.165) is 41.1 Å². The topological polar surface area (TPSA) is 114 Å². The van der Waals surface area contributed by atoms with E-state index < -0.39 is 17.5 Å². The predicted molar refractivity (Wildman–Crippen MR) is 127 cm³/mol. The lowest BCUT2D eigenvalue weighted by molar-refractivity contribution is -0.140. The van der Waals surface area contributed by atoms with Crippen LogP contribution in [0.1, 0.15) is 43.2 Å². The molecule has 3 fully saturated rings. The summed E-state index contributed by atoms with van der Waals surface area (Å²) in [6, 6.07) is 5.36. The molecule has 10 nitrogen and oxygen atoms in total. The smallest absolute Gasteiger partial charge is 0.324 e. The maximum atomic E-state index is 12.8. The molecule has 2 heterocycles. The fourth-order valence-electron chi connectivity index (χ4n) is 5.08. The summed E-state index contributed by atoms with van der Waals surface area (Å²) < 4.78 is 0. The Labute approximate surface area is 200 Å². The summed E-state index contributed by atoms with van der Waals surface area (Å²) in [5.74, 6) is -0.804. The fraction of sp³-hybridized carbons (Fsp3) is 0.583. The van der Waals surface area contributed by atoms with Gasteiger partial charge >= 0.3 is 6.03 Å². The van der Waals surface area contributed by atoms with Crippen molar-refractivity contribution in [2.75, 3.05) is 44.6 Å². The van der Waals surface area contributed by atoms with Crippen LogP contribution in [0.15, 0.2) is 18.2 Å². The minimum atomic E-state index is -0.856. The van der Waals surface area contributed by atoms with Crippen molar-refractivity contribution in [3.8, 4) is 0 Å². The number of piperazine rings is 1. The van der Waals surface area contributed by atoms with Crippen molar-refractivity contribution in [1.82, 2.24) is 25.6 Å². The lowest BCUT2D eigenvalue weighted by Gasteiger charge is -2.34. The number of para-hydroxylation sites is 1. The van der Waals surface area contributed by atoms with Gasteiger partial charge in [-0.2, -0.15) is 5.01 Å². The van der Waals surface area contributed by atoms with E-state index in [1.54, 1.807) is 0 Å². The first kappa shape index (κ1) is 24.2. The quantitative estimate of drug-likeness (QED) is 0.538. The van der Waals surface area contributed by atoms with Crippen molar-refractivity contribution in [2.24, 2.45) is 0 Å². The highest BCUT2D eigenvalue weighted by Crippen LogP contribution is 2.33.